The quantitative estimate of drug-likeness (QED) is 0.0226. The summed E-state index contributed by atoms with van der Waals surface area (Å²) in [6.07, 6.45) is 30.0. The minimum absolute atomic E-state index is 0.257. The van der Waals surface area contributed by atoms with Crippen LogP contribution in [-0.2, 0) is 33.2 Å². The van der Waals surface area contributed by atoms with Crippen LogP contribution in [0.1, 0.15) is 194 Å². The van der Waals surface area contributed by atoms with E-state index < -0.39 is 124 Å². The summed E-state index contributed by atoms with van der Waals surface area (Å²) in [6, 6.07) is -0.884. The molecule has 3 rings (SSSR count). The Balaban J connectivity index is 1.25. The standard InChI is InChI=1S/C64H111NO18/c1-3-5-7-8-9-10-11-12-13-14-15-16-17-18-19-20-21-22-23-24-25-26-27-28-29-30-31-32-33-34-35-36-37-38-40-42-52(70)65-47(48(69)41-39-6-4-2)46-78-62-58(76)55(73)60(50(44-67)80-62)83-64-59(77)56(74)61(51(45-68)81-64)82-63-57(75)54(72)53(71)49(43-66)79-63/h5,7,9-10,12-13,15-16,18-19,21-22,47-51,53-64,66-69,71-77H,3-4,6,8,11,14,17,20,23-46H2,1-2H3,(H,65,70)/b7-5-,10-9-,13-12-,16-15-,19-18-,22-21-. The van der Waals surface area contributed by atoms with Gasteiger partial charge in [-0.2, -0.15) is 0 Å². The summed E-state index contributed by atoms with van der Waals surface area (Å²) in [7, 11) is 0. The van der Waals surface area contributed by atoms with Gasteiger partial charge in [0.1, 0.15) is 73.2 Å². The van der Waals surface area contributed by atoms with E-state index in [1.54, 1.807) is 0 Å². The van der Waals surface area contributed by atoms with Gasteiger partial charge in [0.25, 0.3) is 0 Å². The summed E-state index contributed by atoms with van der Waals surface area (Å²) >= 11 is 0. The van der Waals surface area contributed by atoms with Crippen LogP contribution < -0.4 is 5.32 Å². The molecule has 0 aromatic carbocycles. The van der Waals surface area contributed by atoms with Gasteiger partial charge in [-0.05, 0) is 64.2 Å². The van der Waals surface area contributed by atoms with Crippen LogP contribution >= 0.6 is 0 Å². The van der Waals surface area contributed by atoms with Gasteiger partial charge >= 0.3 is 0 Å². The van der Waals surface area contributed by atoms with Gasteiger partial charge in [0.15, 0.2) is 18.9 Å². The number of aliphatic hydroxyl groups is 11. The fourth-order valence-corrected chi connectivity index (χ4v) is 10.4. The molecule has 19 heteroatoms. The number of allylic oxidation sites excluding steroid dienone is 12. The monoisotopic (exact) mass is 1180 g/mol. The lowest BCUT2D eigenvalue weighted by molar-refractivity contribution is -0.379. The molecule has 17 unspecified atom stereocenters. The molecule has 83 heavy (non-hydrogen) atoms. The molecule has 0 radical (unpaired) electrons. The lowest BCUT2D eigenvalue weighted by atomic mass is 9.96. The second-order valence-corrected chi connectivity index (χ2v) is 22.5. The molecule has 3 fully saturated rings. The molecule has 1 amide bonds. The van der Waals surface area contributed by atoms with Gasteiger partial charge in [-0.25, -0.2) is 0 Å². The Morgan fingerprint density at radius 1 is 0.446 bits per heavy atom. The second kappa shape index (κ2) is 46.4. The van der Waals surface area contributed by atoms with E-state index in [0.717, 1.165) is 70.6 Å². The Labute approximate surface area is 496 Å². The van der Waals surface area contributed by atoms with Gasteiger partial charge in [-0.15, -0.1) is 0 Å². The molecule has 12 N–H and O–H groups in total. The normalized spacial score (nSPS) is 29.9. The maximum Gasteiger partial charge on any atom is 0.220 e. The Hall–Kier alpha value is -2.77. The molecule has 3 aliphatic heterocycles. The number of aliphatic hydroxyl groups excluding tert-OH is 11. The molecule has 480 valence electrons. The molecule has 0 saturated carbocycles. The molecule has 3 heterocycles. The topological polar surface area (TPSA) is 307 Å². The Morgan fingerprint density at radius 2 is 0.831 bits per heavy atom. The van der Waals surface area contributed by atoms with Crippen molar-refractivity contribution in [2.45, 2.75) is 298 Å². The van der Waals surface area contributed by atoms with E-state index in [1.807, 2.05) is 6.92 Å². The van der Waals surface area contributed by atoms with Crippen LogP contribution in [0.2, 0.25) is 0 Å². The maximum absolute atomic E-state index is 13.2. The Kier molecular flexibility index (Phi) is 41.6. The lowest BCUT2D eigenvalue weighted by Crippen LogP contribution is -2.66. The van der Waals surface area contributed by atoms with Crippen molar-refractivity contribution < 1.29 is 89.4 Å². The van der Waals surface area contributed by atoms with Crippen LogP contribution in [0, 0.1) is 0 Å². The van der Waals surface area contributed by atoms with Crippen LogP contribution in [0.25, 0.3) is 0 Å². The van der Waals surface area contributed by atoms with Gasteiger partial charge < -0.3 is 89.9 Å². The fraction of sp³-hybridized carbons (Fsp3) is 0.797. The van der Waals surface area contributed by atoms with Crippen molar-refractivity contribution >= 4 is 5.91 Å². The molecular formula is C64H111NO18. The van der Waals surface area contributed by atoms with Crippen LogP contribution in [0.3, 0.4) is 0 Å². The van der Waals surface area contributed by atoms with Crippen molar-refractivity contribution in [2.24, 2.45) is 0 Å². The largest absolute Gasteiger partial charge is 0.394 e. The zero-order chi connectivity index (χ0) is 60.5. The first-order chi connectivity index (χ1) is 40.3. The highest BCUT2D eigenvalue weighted by Gasteiger charge is 2.53. The third kappa shape index (κ3) is 29.7. The summed E-state index contributed by atoms with van der Waals surface area (Å²) in [5.41, 5.74) is 0. The van der Waals surface area contributed by atoms with Crippen LogP contribution in [0.4, 0.5) is 0 Å². The SMILES string of the molecule is CC/C=C\C/C=C\C/C=C\C/C=C\C/C=C\C/C=C\CCCCCCCCCCCCCCCCCCC(=O)NC(COC1OC(CO)C(OC2OC(CO)C(OC3OC(CO)C(O)C(O)C3O)C(O)C2O)C(O)C1O)C(O)CCCCC. The van der Waals surface area contributed by atoms with E-state index in [9.17, 15) is 61.0 Å². The number of carbonyl (C=O) groups excluding carboxylic acids is 1. The predicted molar refractivity (Wildman–Crippen MR) is 318 cm³/mol. The number of ether oxygens (including phenoxy) is 6. The molecule has 3 saturated heterocycles. The minimum atomic E-state index is -1.97. The summed E-state index contributed by atoms with van der Waals surface area (Å²) in [5, 5.41) is 119. The first-order valence-corrected chi connectivity index (χ1v) is 31.7. The third-order valence-corrected chi connectivity index (χ3v) is 15.5. The number of hydrogen-bond donors (Lipinski definition) is 12. The summed E-state index contributed by atoms with van der Waals surface area (Å²) < 4.78 is 34.0. The first-order valence-electron chi connectivity index (χ1n) is 31.7. The summed E-state index contributed by atoms with van der Waals surface area (Å²) in [4.78, 5) is 13.2. The molecule has 0 aromatic heterocycles. The van der Waals surface area contributed by atoms with Gasteiger partial charge in [0, 0.05) is 6.42 Å². The Bertz CT molecular complexity index is 1790. The predicted octanol–water partition coefficient (Wildman–Crippen LogP) is 6.60. The average Bonchev–Trinajstić information content (AvgIpc) is 3.28. The summed E-state index contributed by atoms with van der Waals surface area (Å²) in [6.45, 7) is 1.47. The van der Waals surface area contributed by atoms with Crippen LogP contribution in [-0.4, -0.2) is 193 Å². The van der Waals surface area contributed by atoms with E-state index in [2.05, 4.69) is 85.2 Å². The summed E-state index contributed by atoms with van der Waals surface area (Å²) in [5.74, 6) is -0.257. The van der Waals surface area contributed by atoms with Crippen molar-refractivity contribution in [1.29, 1.82) is 0 Å². The molecule has 0 aromatic rings. The number of hydrogen-bond acceptors (Lipinski definition) is 18. The first kappa shape index (κ1) is 74.5. The molecular weight excluding hydrogens is 1070 g/mol. The zero-order valence-corrected chi connectivity index (χ0v) is 50.1. The van der Waals surface area contributed by atoms with Gasteiger partial charge in [0.05, 0.1) is 38.6 Å². The smallest absolute Gasteiger partial charge is 0.220 e. The van der Waals surface area contributed by atoms with Crippen molar-refractivity contribution in [1.82, 2.24) is 5.32 Å². The van der Waals surface area contributed by atoms with Gasteiger partial charge in [-0.1, -0.05) is 196 Å². The fourth-order valence-electron chi connectivity index (χ4n) is 10.4. The van der Waals surface area contributed by atoms with E-state index in [1.165, 1.54) is 83.5 Å². The van der Waals surface area contributed by atoms with Crippen molar-refractivity contribution in [2.75, 3.05) is 26.4 Å². The third-order valence-electron chi connectivity index (χ3n) is 15.5. The highest BCUT2D eigenvalue weighted by atomic mass is 16.8. The zero-order valence-electron chi connectivity index (χ0n) is 50.1. The van der Waals surface area contributed by atoms with E-state index in [0.29, 0.717) is 19.3 Å². The number of rotatable bonds is 46. The van der Waals surface area contributed by atoms with Crippen molar-refractivity contribution in [3.63, 3.8) is 0 Å². The molecule has 3 aliphatic rings. The molecule has 19 nitrogen and oxygen atoms in total. The van der Waals surface area contributed by atoms with Gasteiger partial charge in [0.2, 0.25) is 5.91 Å². The number of nitrogens with one attached hydrogen (secondary N) is 1. The van der Waals surface area contributed by atoms with E-state index in [4.69, 9.17) is 28.4 Å². The van der Waals surface area contributed by atoms with Crippen molar-refractivity contribution in [3.8, 4) is 0 Å². The van der Waals surface area contributed by atoms with Crippen LogP contribution in [0.15, 0.2) is 72.9 Å². The maximum atomic E-state index is 13.2. The lowest BCUT2D eigenvalue weighted by Gasteiger charge is -2.48. The highest BCUT2D eigenvalue weighted by Crippen LogP contribution is 2.33. The van der Waals surface area contributed by atoms with Gasteiger partial charge in [-0.3, -0.25) is 4.79 Å². The molecule has 0 aliphatic carbocycles. The highest BCUT2D eigenvalue weighted by molar-refractivity contribution is 5.76. The van der Waals surface area contributed by atoms with Crippen molar-refractivity contribution in [3.05, 3.63) is 72.9 Å². The van der Waals surface area contributed by atoms with Crippen LogP contribution in [0.5, 0.6) is 0 Å². The molecule has 0 spiro atoms. The Morgan fingerprint density at radius 3 is 1.28 bits per heavy atom. The molecule has 17 atom stereocenters. The number of amides is 1. The average molecular weight is 1180 g/mol. The number of carbonyl (C=O) groups is 1. The van der Waals surface area contributed by atoms with E-state index >= 15 is 0 Å². The van der Waals surface area contributed by atoms with E-state index in [-0.39, 0.29) is 18.9 Å². The second-order valence-electron chi connectivity index (χ2n) is 22.5. The number of unbranched alkanes of at least 4 members (excludes halogenated alkanes) is 18. The minimum Gasteiger partial charge on any atom is -0.394 e. The molecule has 0 bridgehead atoms.